The van der Waals surface area contributed by atoms with Crippen LogP contribution < -0.4 is 5.73 Å². The van der Waals surface area contributed by atoms with Gasteiger partial charge in [0.05, 0.1) is 5.69 Å². The second-order valence-corrected chi connectivity index (χ2v) is 4.80. The number of aryl methyl sites for hydroxylation is 1. The highest BCUT2D eigenvalue weighted by Crippen LogP contribution is 2.35. The fourth-order valence-corrected chi connectivity index (χ4v) is 2.81. The molecule has 2 heterocycles. The van der Waals surface area contributed by atoms with Crippen LogP contribution in [0.25, 0.3) is 11.0 Å². The van der Waals surface area contributed by atoms with E-state index in [1.54, 1.807) is 0 Å². The summed E-state index contributed by atoms with van der Waals surface area (Å²) >= 11 is 0. The number of rotatable bonds is 1. The lowest BCUT2D eigenvalue weighted by molar-refractivity contribution is 0.435. The monoisotopic (exact) mass is 231 g/mol. The van der Waals surface area contributed by atoms with Crippen LogP contribution in [0.5, 0.6) is 0 Å². The lowest BCUT2D eigenvalue weighted by atomic mass is 9.86. The van der Waals surface area contributed by atoms with Crippen LogP contribution in [-0.2, 0) is 7.05 Å². The van der Waals surface area contributed by atoms with Gasteiger partial charge in [0.2, 0.25) is 0 Å². The summed E-state index contributed by atoms with van der Waals surface area (Å²) in [6.07, 6.45) is 7.91. The van der Waals surface area contributed by atoms with Gasteiger partial charge in [-0.15, -0.1) is 0 Å². The van der Waals surface area contributed by atoms with Gasteiger partial charge in [-0.1, -0.05) is 19.3 Å². The van der Waals surface area contributed by atoms with E-state index >= 15 is 0 Å². The van der Waals surface area contributed by atoms with E-state index < -0.39 is 0 Å². The van der Waals surface area contributed by atoms with Crippen molar-refractivity contribution in [1.29, 1.82) is 0 Å². The van der Waals surface area contributed by atoms with Crippen molar-refractivity contribution in [2.24, 2.45) is 7.05 Å². The highest BCUT2D eigenvalue weighted by Gasteiger charge is 2.23. The van der Waals surface area contributed by atoms with Crippen LogP contribution in [0.1, 0.15) is 43.7 Å². The Morgan fingerprint density at radius 1 is 1.24 bits per heavy atom. The molecule has 90 valence electrons. The van der Waals surface area contributed by atoms with Crippen molar-refractivity contribution in [3.63, 3.8) is 0 Å². The molecule has 0 aromatic carbocycles. The number of nitrogens with two attached hydrogens (primary N) is 1. The topological polar surface area (TPSA) is 69.6 Å². The molecule has 2 N–H and O–H groups in total. The Morgan fingerprint density at radius 3 is 2.76 bits per heavy atom. The van der Waals surface area contributed by atoms with Crippen molar-refractivity contribution in [1.82, 2.24) is 19.7 Å². The van der Waals surface area contributed by atoms with Crippen molar-refractivity contribution < 1.29 is 0 Å². The molecule has 0 amide bonds. The van der Waals surface area contributed by atoms with Crippen molar-refractivity contribution >= 4 is 16.9 Å². The third-order valence-electron chi connectivity index (χ3n) is 3.67. The first-order valence-corrected chi connectivity index (χ1v) is 6.20. The van der Waals surface area contributed by atoms with Gasteiger partial charge in [-0.05, 0) is 12.8 Å². The zero-order valence-electron chi connectivity index (χ0n) is 10.1. The predicted molar refractivity (Wildman–Crippen MR) is 66.5 cm³/mol. The van der Waals surface area contributed by atoms with Crippen LogP contribution in [0, 0.1) is 0 Å². The van der Waals surface area contributed by atoms with Crippen LogP contribution >= 0.6 is 0 Å². The highest BCUT2D eigenvalue weighted by molar-refractivity contribution is 5.86. The summed E-state index contributed by atoms with van der Waals surface area (Å²) in [6, 6.07) is 0. The molecule has 1 aliphatic rings. The zero-order valence-corrected chi connectivity index (χ0v) is 10.1. The van der Waals surface area contributed by atoms with Gasteiger partial charge in [0.25, 0.3) is 0 Å². The van der Waals surface area contributed by atoms with E-state index in [-0.39, 0.29) is 0 Å². The Labute approximate surface area is 100 Å². The number of aromatic nitrogens is 4. The van der Waals surface area contributed by atoms with Gasteiger partial charge in [-0.25, -0.2) is 9.97 Å². The SMILES string of the molecule is Cn1nc(C2CCCCC2)c2ncnc(N)c21. The Morgan fingerprint density at radius 2 is 2.00 bits per heavy atom. The first-order chi connectivity index (χ1) is 8.27. The first kappa shape index (κ1) is 10.5. The van der Waals surface area contributed by atoms with Crippen LogP contribution in [0.2, 0.25) is 0 Å². The molecule has 1 aliphatic carbocycles. The third-order valence-corrected chi connectivity index (χ3v) is 3.67. The van der Waals surface area contributed by atoms with Crippen LogP contribution in [0.3, 0.4) is 0 Å². The van der Waals surface area contributed by atoms with Gasteiger partial charge in [0.15, 0.2) is 5.82 Å². The normalized spacial score (nSPS) is 17.7. The Balaban J connectivity index is 2.13. The summed E-state index contributed by atoms with van der Waals surface area (Å²) in [4.78, 5) is 8.40. The van der Waals surface area contributed by atoms with Crippen LogP contribution in [0.15, 0.2) is 6.33 Å². The summed E-state index contributed by atoms with van der Waals surface area (Å²) in [7, 11) is 1.91. The minimum Gasteiger partial charge on any atom is -0.382 e. The molecule has 0 aliphatic heterocycles. The summed E-state index contributed by atoms with van der Waals surface area (Å²) in [5, 5.41) is 4.61. The molecule has 0 unspecified atom stereocenters. The Hall–Kier alpha value is -1.65. The van der Waals surface area contributed by atoms with Gasteiger partial charge in [-0.2, -0.15) is 5.10 Å². The molecule has 0 spiro atoms. The molecule has 1 fully saturated rings. The summed E-state index contributed by atoms with van der Waals surface area (Å²) in [5.74, 6) is 1.06. The number of hydrogen-bond acceptors (Lipinski definition) is 4. The molecule has 2 aromatic heterocycles. The van der Waals surface area contributed by atoms with Gasteiger partial charge in [0.1, 0.15) is 17.4 Å². The average molecular weight is 231 g/mol. The van der Waals surface area contributed by atoms with Crippen LogP contribution in [0.4, 0.5) is 5.82 Å². The average Bonchev–Trinajstić information content (AvgIpc) is 2.69. The van der Waals surface area contributed by atoms with Crippen molar-refractivity contribution in [3.05, 3.63) is 12.0 Å². The Kier molecular flexibility index (Phi) is 2.46. The van der Waals surface area contributed by atoms with Crippen molar-refractivity contribution in [3.8, 4) is 0 Å². The third kappa shape index (κ3) is 1.66. The quantitative estimate of drug-likeness (QED) is 0.814. The lowest BCUT2D eigenvalue weighted by Crippen LogP contribution is -2.06. The maximum absolute atomic E-state index is 5.89. The van der Waals surface area contributed by atoms with E-state index in [0.29, 0.717) is 11.7 Å². The molecule has 17 heavy (non-hydrogen) atoms. The first-order valence-electron chi connectivity index (χ1n) is 6.20. The fourth-order valence-electron chi connectivity index (χ4n) is 2.81. The number of anilines is 1. The Bertz CT molecular complexity index is 539. The van der Waals surface area contributed by atoms with E-state index in [2.05, 4.69) is 15.1 Å². The fraction of sp³-hybridized carbons (Fsp3) is 0.583. The van der Waals surface area contributed by atoms with E-state index in [4.69, 9.17) is 5.73 Å². The largest absolute Gasteiger partial charge is 0.382 e. The molecule has 2 aromatic rings. The van der Waals surface area contributed by atoms with Gasteiger partial charge in [0, 0.05) is 13.0 Å². The molecule has 0 bridgehead atoms. The molecule has 0 saturated heterocycles. The van der Waals surface area contributed by atoms with Gasteiger partial charge >= 0.3 is 0 Å². The lowest BCUT2D eigenvalue weighted by Gasteiger charge is -2.19. The maximum atomic E-state index is 5.89. The van der Waals surface area contributed by atoms with Gasteiger partial charge in [-0.3, -0.25) is 4.68 Å². The molecular weight excluding hydrogens is 214 g/mol. The highest BCUT2D eigenvalue weighted by atomic mass is 15.3. The smallest absolute Gasteiger partial charge is 0.153 e. The van der Waals surface area contributed by atoms with E-state index in [9.17, 15) is 0 Å². The molecule has 5 nitrogen and oxygen atoms in total. The number of fused-ring (bicyclic) bond motifs is 1. The molecule has 0 atom stereocenters. The molecular formula is C12H17N5. The molecule has 5 heteroatoms. The molecule has 0 radical (unpaired) electrons. The minimum atomic E-state index is 0.520. The molecule has 1 saturated carbocycles. The van der Waals surface area contributed by atoms with Crippen LogP contribution in [-0.4, -0.2) is 19.7 Å². The second kappa shape index (κ2) is 3.98. The maximum Gasteiger partial charge on any atom is 0.153 e. The standard InChI is InChI=1S/C12H17N5/c1-17-11-10(14-7-15-12(11)13)9(16-17)8-5-3-2-4-6-8/h7-8H,2-6H2,1H3,(H2,13,14,15). The number of nitrogen functional groups attached to an aromatic ring is 1. The predicted octanol–water partition coefficient (Wildman–Crippen LogP) is 1.99. The number of nitrogens with zero attached hydrogens (tertiary/aromatic N) is 4. The molecule has 3 rings (SSSR count). The summed E-state index contributed by atoms with van der Waals surface area (Å²) < 4.78 is 1.81. The summed E-state index contributed by atoms with van der Waals surface area (Å²) in [6.45, 7) is 0. The van der Waals surface area contributed by atoms with Gasteiger partial charge < -0.3 is 5.73 Å². The van der Waals surface area contributed by atoms with E-state index in [1.807, 2.05) is 11.7 Å². The van der Waals surface area contributed by atoms with E-state index in [1.165, 1.54) is 38.4 Å². The van der Waals surface area contributed by atoms with E-state index in [0.717, 1.165) is 16.7 Å². The number of hydrogen-bond donors (Lipinski definition) is 1. The second-order valence-electron chi connectivity index (χ2n) is 4.80. The van der Waals surface area contributed by atoms with Crippen molar-refractivity contribution in [2.45, 2.75) is 38.0 Å². The minimum absolute atomic E-state index is 0.520. The van der Waals surface area contributed by atoms with Crippen molar-refractivity contribution in [2.75, 3.05) is 5.73 Å². The summed E-state index contributed by atoms with van der Waals surface area (Å²) in [5.41, 5.74) is 8.80. The zero-order chi connectivity index (χ0) is 11.8.